The molecule has 2 atom stereocenters. The summed E-state index contributed by atoms with van der Waals surface area (Å²) < 4.78 is 0. The van der Waals surface area contributed by atoms with Gasteiger partial charge in [0.15, 0.2) is 0 Å². The Labute approximate surface area is 146 Å². The largest absolute Gasteiger partial charge is 0.352 e. The number of carbonyl (C=O) groups is 2. The van der Waals surface area contributed by atoms with Crippen molar-refractivity contribution in [1.29, 1.82) is 0 Å². The number of benzene rings is 1. The summed E-state index contributed by atoms with van der Waals surface area (Å²) >= 11 is 1.35. The zero-order valence-corrected chi connectivity index (χ0v) is 15.0. The quantitative estimate of drug-likeness (QED) is 0.809. The lowest BCUT2D eigenvalue weighted by Crippen LogP contribution is -2.46. The standard InChI is InChI=1S/C18H23N3O2S/c1-13(20-18(23)16-10-7-11-24-16)17(22)19-12-15(21(2)3)14-8-5-4-6-9-14/h4-11,13,15H,12H2,1-3H3,(H,19,22)(H,20,23)/t13-,15+/m1/s1. The molecule has 0 fully saturated rings. The fourth-order valence-electron chi connectivity index (χ4n) is 2.37. The highest BCUT2D eigenvalue weighted by Gasteiger charge is 2.20. The monoisotopic (exact) mass is 345 g/mol. The Bertz CT molecular complexity index is 656. The van der Waals surface area contributed by atoms with Gasteiger partial charge in [0.1, 0.15) is 6.04 Å². The summed E-state index contributed by atoms with van der Waals surface area (Å²) in [5.41, 5.74) is 1.14. The molecule has 0 saturated heterocycles. The van der Waals surface area contributed by atoms with Crippen molar-refractivity contribution in [3.8, 4) is 0 Å². The second kappa shape index (κ2) is 8.61. The molecule has 2 aromatic rings. The van der Waals surface area contributed by atoms with E-state index in [9.17, 15) is 9.59 Å². The fraction of sp³-hybridized carbons (Fsp3) is 0.333. The van der Waals surface area contributed by atoms with E-state index in [0.29, 0.717) is 11.4 Å². The number of carbonyl (C=O) groups excluding carboxylic acids is 2. The molecule has 0 aliphatic rings. The van der Waals surface area contributed by atoms with Gasteiger partial charge in [-0.05, 0) is 38.0 Å². The second-order valence-electron chi connectivity index (χ2n) is 5.81. The van der Waals surface area contributed by atoms with Gasteiger partial charge >= 0.3 is 0 Å². The van der Waals surface area contributed by atoms with Crippen molar-refractivity contribution in [1.82, 2.24) is 15.5 Å². The second-order valence-corrected chi connectivity index (χ2v) is 6.76. The number of amides is 2. The first kappa shape index (κ1) is 18.2. The Hall–Kier alpha value is -2.18. The first-order chi connectivity index (χ1) is 11.5. The fourth-order valence-corrected chi connectivity index (χ4v) is 2.99. The first-order valence-corrected chi connectivity index (χ1v) is 8.70. The highest BCUT2D eigenvalue weighted by atomic mass is 32.1. The van der Waals surface area contributed by atoms with Crippen LogP contribution >= 0.6 is 11.3 Å². The van der Waals surface area contributed by atoms with E-state index in [1.54, 1.807) is 13.0 Å². The van der Waals surface area contributed by atoms with Crippen molar-refractivity contribution in [3.05, 3.63) is 58.3 Å². The average Bonchev–Trinajstić information content (AvgIpc) is 3.10. The molecule has 5 nitrogen and oxygen atoms in total. The minimum Gasteiger partial charge on any atom is -0.352 e. The normalized spacial score (nSPS) is 13.3. The predicted octanol–water partition coefficient (Wildman–Crippen LogP) is 2.29. The Morgan fingerprint density at radius 3 is 2.42 bits per heavy atom. The van der Waals surface area contributed by atoms with Gasteiger partial charge < -0.3 is 15.5 Å². The van der Waals surface area contributed by atoms with Gasteiger partial charge in [-0.25, -0.2) is 0 Å². The molecule has 1 aromatic heterocycles. The average molecular weight is 345 g/mol. The Morgan fingerprint density at radius 2 is 1.83 bits per heavy atom. The summed E-state index contributed by atoms with van der Waals surface area (Å²) in [6, 6.07) is 13.1. The minimum absolute atomic E-state index is 0.0790. The van der Waals surface area contributed by atoms with Crippen molar-refractivity contribution >= 4 is 23.2 Å². The number of hydrogen-bond acceptors (Lipinski definition) is 4. The maximum absolute atomic E-state index is 12.3. The van der Waals surface area contributed by atoms with E-state index in [1.165, 1.54) is 11.3 Å². The Morgan fingerprint density at radius 1 is 1.12 bits per heavy atom. The zero-order valence-electron chi connectivity index (χ0n) is 14.2. The number of likely N-dealkylation sites (N-methyl/N-ethyl adjacent to an activating group) is 1. The van der Waals surface area contributed by atoms with E-state index in [2.05, 4.69) is 15.5 Å². The lowest BCUT2D eigenvalue weighted by Gasteiger charge is -2.26. The molecule has 128 valence electrons. The van der Waals surface area contributed by atoms with E-state index in [0.717, 1.165) is 5.56 Å². The SMILES string of the molecule is C[C@@H](NC(=O)c1cccs1)C(=O)NC[C@@H](c1ccccc1)N(C)C. The van der Waals surface area contributed by atoms with Gasteiger partial charge in [0.2, 0.25) is 5.91 Å². The maximum Gasteiger partial charge on any atom is 0.261 e. The molecule has 0 radical (unpaired) electrons. The van der Waals surface area contributed by atoms with Gasteiger partial charge in [-0.1, -0.05) is 36.4 Å². The van der Waals surface area contributed by atoms with Crippen molar-refractivity contribution in [2.45, 2.75) is 19.0 Å². The Kier molecular flexibility index (Phi) is 6.52. The number of rotatable bonds is 7. The van der Waals surface area contributed by atoms with Gasteiger partial charge in [0.25, 0.3) is 5.91 Å². The highest BCUT2D eigenvalue weighted by molar-refractivity contribution is 7.12. The smallest absolute Gasteiger partial charge is 0.261 e. The number of nitrogens with zero attached hydrogens (tertiary/aromatic N) is 1. The predicted molar refractivity (Wildman–Crippen MR) is 97.1 cm³/mol. The van der Waals surface area contributed by atoms with Crippen LogP contribution in [0.5, 0.6) is 0 Å². The minimum atomic E-state index is -0.585. The van der Waals surface area contributed by atoms with Crippen molar-refractivity contribution in [3.63, 3.8) is 0 Å². The van der Waals surface area contributed by atoms with Crippen molar-refractivity contribution in [2.24, 2.45) is 0 Å². The van der Waals surface area contributed by atoms with Gasteiger partial charge in [0, 0.05) is 6.54 Å². The number of thiophene rings is 1. The summed E-state index contributed by atoms with van der Waals surface area (Å²) in [7, 11) is 3.96. The van der Waals surface area contributed by atoms with Crippen LogP contribution in [-0.2, 0) is 4.79 Å². The molecular formula is C18H23N3O2S. The third kappa shape index (κ3) is 4.91. The lowest BCUT2D eigenvalue weighted by molar-refractivity contribution is -0.122. The summed E-state index contributed by atoms with van der Waals surface area (Å²) in [4.78, 5) is 26.9. The van der Waals surface area contributed by atoms with Crippen LogP contribution < -0.4 is 10.6 Å². The number of hydrogen-bond donors (Lipinski definition) is 2. The third-order valence-corrected chi connectivity index (χ3v) is 4.63. The van der Waals surface area contributed by atoms with Crippen LogP contribution in [-0.4, -0.2) is 43.4 Å². The third-order valence-electron chi connectivity index (χ3n) is 3.76. The van der Waals surface area contributed by atoms with Crippen LogP contribution in [0, 0.1) is 0 Å². The van der Waals surface area contributed by atoms with E-state index in [-0.39, 0.29) is 17.9 Å². The molecule has 2 amide bonds. The molecule has 1 heterocycles. The Balaban J connectivity index is 1.89. The van der Waals surface area contributed by atoms with E-state index in [4.69, 9.17) is 0 Å². The lowest BCUT2D eigenvalue weighted by atomic mass is 10.1. The van der Waals surface area contributed by atoms with Gasteiger partial charge in [-0.15, -0.1) is 11.3 Å². The molecule has 0 spiro atoms. The molecule has 0 aliphatic heterocycles. The van der Waals surface area contributed by atoms with Crippen LogP contribution in [0.25, 0.3) is 0 Å². The van der Waals surface area contributed by atoms with Crippen LogP contribution in [0.4, 0.5) is 0 Å². The van der Waals surface area contributed by atoms with E-state index >= 15 is 0 Å². The van der Waals surface area contributed by atoms with Crippen LogP contribution in [0.2, 0.25) is 0 Å². The van der Waals surface area contributed by atoms with E-state index in [1.807, 2.05) is 55.9 Å². The number of nitrogens with one attached hydrogen (secondary N) is 2. The van der Waals surface area contributed by atoms with Crippen molar-refractivity contribution < 1.29 is 9.59 Å². The molecule has 2 N–H and O–H groups in total. The maximum atomic E-state index is 12.3. The topological polar surface area (TPSA) is 61.4 Å². The highest BCUT2D eigenvalue weighted by Crippen LogP contribution is 2.16. The summed E-state index contributed by atoms with van der Waals surface area (Å²) in [5.74, 6) is -0.414. The van der Waals surface area contributed by atoms with Gasteiger partial charge in [0.05, 0.1) is 10.9 Å². The summed E-state index contributed by atoms with van der Waals surface area (Å²) in [5, 5.41) is 7.48. The van der Waals surface area contributed by atoms with Crippen LogP contribution in [0.1, 0.15) is 28.2 Å². The van der Waals surface area contributed by atoms with Crippen molar-refractivity contribution in [2.75, 3.05) is 20.6 Å². The molecule has 0 unspecified atom stereocenters. The summed E-state index contributed by atoms with van der Waals surface area (Å²) in [6.07, 6.45) is 0. The molecule has 24 heavy (non-hydrogen) atoms. The van der Waals surface area contributed by atoms with Gasteiger partial charge in [-0.2, -0.15) is 0 Å². The van der Waals surface area contributed by atoms with E-state index < -0.39 is 6.04 Å². The van der Waals surface area contributed by atoms with Gasteiger partial charge in [-0.3, -0.25) is 9.59 Å². The molecule has 0 saturated carbocycles. The summed E-state index contributed by atoms with van der Waals surface area (Å²) in [6.45, 7) is 2.17. The zero-order chi connectivity index (χ0) is 17.5. The molecule has 2 rings (SSSR count). The van der Waals surface area contributed by atoms with Crippen LogP contribution in [0.15, 0.2) is 47.8 Å². The van der Waals surface area contributed by atoms with Crippen LogP contribution in [0.3, 0.4) is 0 Å². The molecule has 1 aromatic carbocycles. The molecule has 0 bridgehead atoms. The molecule has 0 aliphatic carbocycles. The molecule has 6 heteroatoms. The molecular weight excluding hydrogens is 322 g/mol. The first-order valence-electron chi connectivity index (χ1n) is 7.82.